The van der Waals surface area contributed by atoms with E-state index in [1.54, 1.807) is 7.11 Å². The Kier molecular flexibility index (Phi) is 6.26. The van der Waals surface area contributed by atoms with Crippen molar-refractivity contribution in [3.8, 4) is 17.6 Å². The Labute approximate surface area is 139 Å². The summed E-state index contributed by atoms with van der Waals surface area (Å²) in [7, 11) is 1.63. The minimum Gasteiger partial charge on any atom is -0.493 e. The maximum Gasteiger partial charge on any atom is 0.161 e. The van der Waals surface area contributed by atoms with Gasteiger partial charge in [0.25, 0.3) is 0 Å². The summed E-state index contributed by atoms with van der Waals surface area (Å²) in [6.07, 6.45) is 0. The summed E-state index contributed by atoms with van der Waals surface area (Å²) >= 11 is 0. The number of likely N-dealkylation sites (N-methyl/N-ethyl adjacent to an activating group) is 1. The van der Waals surface area contributed by atoms with E-state index in [-0.39, 0.29) is 6.04 Å². The van der Waals surface area contributed by atoms with E-state index in [1.807, 2.05) is 25.1 Å². The van der Waals surface area contributed by atoms with Gasteiger partial charge in [0.15, 0.2) is 11.5 Å². The van der Waals surface area contributed by atoms with E-state index in [2.05, 4.69) is 29.7 Å². The van der Waals surface area contributed by atoms with Crippen molar-refractivity contribution < 1.29 is 9.47 Å². The minimum absolute atomic E-state index is 0.249. The summed E-state index contributed by atoms with van der Waals surface area (Å²) in [5, 5.41) is 9.70. The second-order valence-electron chi connectivity index (χ2n) is 5.85. The first kappa shape index (κ1) is 17.6. The number of hydrogen-bond donors (Lipinski definition) is 0. The molecule has 1 fully saturated rings. The smallest absolute Gasteiger partial charge is 0.161 e. The molecular weight excluding hydrogens is 290 g/mol. The van der Waals surface area contributed by atoms with Crippen molar-refractivity contribution in [3.63, 3.8) is 0 Å². The molecule has 0 aliphatic carbocycles. The van der Waals surface area contributed by atoms with Crippen LogP contribution in [0, 0.1) is 11.3 Å². The molecule has 0 saturated carbocycles. The molecular formula is C18H27N3O2. The number of hydrogen-bond acceptors (Lipinski definition) is 5. The standard InChI is InChI=1S/C18H27N3O2/c1-5-20-9-10-21(13-14(20)3)16(12-19)15-7-8-17(23-6-2)18(11-15)22-4/h7-8,11,14,16H,5-6,9-10,13H2,1-4H3. The van der Waals surface area contributed by atoms with Crippen molar-refractivity contribution in [2.24, 2.45) is 0 Å². The fourth-order valence-electron chi connectivity index (χ4n) is 3.22. The first-order valence-corrected chi connectivity index (χ1v) is 8.33. The van der Waals surface area contributed by atoms with E-state index in [4.69, 9.17) is 9.47 Å². The Bertz CT molecular complexity index is 556. The largest absolute Gasteiger partial charge is 0.493 e. The zero-order valence-electron chi connectivity index (χ0n) is 14.6. The van der Waals surface area contributed by atoms with Crippen LogP contribution in [-0.2, 0) is 0 Å². The van der Waals surface area contributed by atoms with E-state index < -0.39 is 0 Å². The predicted molar refractivity (Wildman–Crippen MR) is 90.8 cm³/mol. The van der Waals surface area contributed by atoms with Crippen LogP contribution in [-0.4, -0.2) is 55.7 Å². The summed E-state index contributed by atoms with van der Waals surface area (Å²) in [4.78, 5) is 4.70. The van der Waals surface area contributed by atoms with Crippen LogP contribution in [0.2, 0.25) is 0 Å². The quantitative estimate of drug-likeness (QED) is 0.807. The molecule has 1 saturated heterocycles. The van der Waals surface area contributed by atoms with Gasteiger partial charge in [-0.1, -0.05) is 13.0 Å². The summed E-state index contributed by atoms with van der Waals surface area (Å²) in [5.74, 6) is 1.41. The van der Waals surface area contributed by atoms with Crippen molar-refractivity contribution in [1.29, 1.82) is 5.26 Å². The van der Waals surface area contributed by atoms with Crippen LogP contribution in [0.25, 0.3) is 0 Å². The van der Waals surface area contributed by atoms with Crippen LogP contribution in [0.15, 0.2) is 18.2 Å². The van der Waals surface area contributed by atoms with Crippen molar-refractivity contribution in [3.05, 3.63) is 23.8 Å². The molecule has 5 heteroatoms. The highest BCUT2D eigenvalue weighted by atomic mass is 16.5. The lowest BCUT2D eigenvalue weighted by Crippen LogP contribution is -2.52. The fourth-order valence-corrected chi connectivity index (χ4v) is 3.22. The third-order valence-corrected chi connectivity index (χ3v) is 4.49. The Hall–Kier alpha value is -1.77. The number of rotatable bonds is 6. The molecule has 0 bridgehead atoms. The molecule has 2 atom stereocenters. The SMILES string of the molecule is CCOc1ccc(C(C#N)N2CCN(CC)C(C)C2)cc1OC. The van der Waals surface area contributed by atoms with E-state index in [1.165, 1.54) is 0 Å². The zero-order valence-corrected chi connectivity index (χ0v) is 14.6. The average molecular weight is 317 g/mol. The van der Waals surface area contributed by atoms with Crippen molar-refractivity contribution in [1.82, 2.24) is 9.80 Å². The van der Waals surface area contributed by atoms with E-state index in [9.17, 15) is 5.26 Å². The van der Waals surface area contributed by atoms with Gasteiger partial charge in [0.2, 0.25) is 0 Å². The number of nitriles is 1. The normalized spacial score (nSPS) is 20.7. The third-order valence-electron chi connectivity index (χ3n) is 4.49. The predicted octanol–water partition coefficient (Wildman–Crippen LogP) is 2.68. The molecule has 2 rings (SSSR count). The highest BCUT2D eigenvalue weighted by Gasteiger charge is 2.29. The third kappa shape index (κ3) is 3.95. The topological polar surface area (TPSA) is 48.7 Å². The number of ether oxygens (including phenoxy) is 2. The molecule has 0 amide bonds. The Balaban J connectivity index is 2.20. The van der Waals surface area contributed by atoms with Gasteiger partial charge in [0.1, 0.15) is 6.04 Å². The molecule has 1 heterocycles. The van der Waals surface area contributed by atoms with Crippen LogP contribution < -0.4 is 9.47 Å². The number of nitrogens with zero attached hydrogens (tertiary/aromatic N) is 3. The summed E-state index contributed by atoms with van der Waals surface area (Å²) in [6.45, 7) is 10.8. The van der Waals surface area contributed by atoms with E-state index in [0.717, 1.165) is 37.5 Å². The summed E-state index contributed by atoms with van der Waals surface area (Å²) in [5.41, 5.74) is 0.963. The van der Waals surface area contributed by atoms with Crippen LogP contribution in [0.3, 0.4) is 0 Å². The first-order valence-electron chi connectivity index (χ1n) is 8.33. The van der Waals surface area contributed by atoms with Gasteiger partial charge in [-0.15, -0.1) is 0 Å². The molecule has 1 aromatic carbocycles. The molecule has 5 nitrogen and oxygen atoms in total. The van der Waals surface area contributed by atoms with Crippen LogP contribution in [0.4, 0.5) is 0 Å². The van der Waals surface area contributed by atoms with Crippen molar-refractivity contribution in [2.45, 2.75) is 32.9 Å². The maximum atomic E-state index is 9.70. The molecule has 2 unspecified atom stereocenters. The van der Waals surface area contributed by atoms with Crippen LogP contribution in [0.5, 0.6) is 11.5 Å². The minimum atomic E-state index is -0.249. The van der Waals surface area contributed by atoms with E-state index in [0.29, 0.717) is 18.4 Å². The van der Waals surface area contributed by atoms with Gasteiger partial charge in [0.05, 0.1) is 19.8 Å². The van der Waals surface area contributed by atoms with Gasteiger partial charge in [-0.25, -0.2) is 0 Å². The second-order valence-corrected chi connectivity index (χ2v) is 5.85. The van der Waals surface area contributed by atoms with Crippen LogP contribution in [0.1, 0.15) is 32.4 Å². The lowest BCUT2D eigenvalue weighted by molar-refractivity contribution is 0.0729. The lowest BCUT2D eigenvalue weighted by atomic mass is 10.0. The molecule has 0 radical (unpaired) electrons. The highest BCUT2D eigenvalue weighted by molar-refractivity contribution is 5.45. The van der Waals surface area contributed by atoms with Crippen molar-refractivity contribution >= 4 is 0 Å². The highest BCUT2D eigenvalue weighted by Crippen LogP contribution is 2.32. The molecule has 0 N–H and O–H groups in total. The van der Waals surface area contributed by atoms with Gasteiger partial charge >= 0.3 is 0 Å². The summed E-state index contributed by atoms with van der Waals surface area (Å²) in [6, 6.07) is 8.47. The Morgan fingerprint density at radius 1 is 1.30 bits per heavy atom. The van der Waals surface area contributed by atoms with E-state index >= 15 is 0 Å². The number of methoxy groups -OCH3 is 1. The van der Waals surface area contributed by atoms with Gasteiger partial charge in [-0.2, -0.15) is 5.26 Å². The molecule has 1 aromatic rings. The maximum absolute atomic E-state index is 9.70. The van der Waals surface area contributed by atoms with Crippen molar-refractivity contribution in [2.75, 3.05) is 39.9 Å². The molecule has 1 aliphatic rings. The molecule has 0 aromatic heterocycles. The Morgan fingerprint density at radius 2 is 2.09 bits per heavy atom. The average Bonchev–Trinajstić information content (AvgIpc) is 2.57. The number of benzene rings is 1. The monoisotopic (exact) mass is 317 g/mol. The number of piperazine rings is 1. The Morgan fingerprint density at radius 3 is 2.65 bits per heavy atom. The lowest BCUT2D eigenvalue weighted by Gasteiger charge is -2.41. The van der Waals surface area contributed by atoms with Gasteiger partial charge in [0, 0.05) is 25.7 Å². The first-order chi connectivity index (χ1) is 11.1. The fraction of sp³-hybridized carbons (Fsp3) is 0.611. The van der Waals surface area contributed by atoms with Gasteiger partial charge < -0.3 is 9.47 Å². The van der Waals surface area contributed by atoms with Crippen LogP contribution >= 0.6 is 0 Å². The second kappa shape index (κ2) is 8.19. The molecule has 1 aliphatic heterocycles. The molecule has 0 spiro atoms. The van der Waals surface area contributed by atoms with Gasteiger partial charge in [-0.3, -0.25) is 9.80 Å². The van der Waals surface area contributed by atoms with Gasteiger partial charge in [-0.05, 0) is 38.1 Å². The molecule has 126 valence electrons. The summed E-state index contributed by atoms with van der Waals surface area (Å²) < 4.78 is 11.0. The molecule has 23 heavy (non-hydrogen) atoms. The zero-order chi connectivity index (χ0) is 16.8.